The molecule has 17 heavy (non-hydrogen) atoms. The number of rotatable bonds is 3. The molecule has 0 atom stereocenters. The van der Waals surface area contributed by atoms with Crippen LogP contribution in [0.15, 0.2) is 47.2 Å². The van der Waals surface area contributed by atoms with Crippen molar-refractivity contribution in [2.24, 2.45) is 0 Å². The number of ether oxygens (including phenoxy) is 1. The Morgan fingerprint density at radius 2 is 1.76 bits per heavy atom. The van der Waals surface area contributed by atoms with Gasteiger partial charge < -0.3 is 4.74 Å². The summed E-state index contributed by atoms with van der Waals surface area (Å²) in [6.07, 6.45) is 5.83. The average molecular weight is 244 g/mol. The molecular weight excluding hydrogens is 224 g/mol. The number of methoxy groups -OCH3 is 1. The topological polar surface area (TPSA) is 9.23 Å². The van der Waals surface area contributed by atoms with E-state index in [9.17, 15) is 0 Å². The van der Waals surface area contributed by atoms with Crippen molar-refractivity contribution in [3.05, 3.63) is 47.2 Å². The van der Waals surface area contributed by atoms with Crippen molar-refractivity contribution in [2.45, 2.75) is 26.4 Å². The van der Waals surface area contributed by atoms with Crippen molar-refractivity contribution >= 4 is 13.3 Å². The highest BCUT2D eigenvalue weighted by Gasteiger charge is 2.29. The summed E-state index contributed by atoms with van der Waals surface area (Å²) in [4.78, 5) is 0. The number of benzene rings is 1. The molecule has 0 N–H and O–H groups in total. The molecule has 0 fully saturated rings. The minimum Gasteiger partial charge on any atom is -0.497 e. The van der Waals surface area contributed by atoms with E-state index in [1.54, 1.807) is 12.3 Å². The van der Waals surface area contributed by atoms with Crippen LogP contribution in [0.4, 0.5) is 0 Å². The van der Waals surface area contributed by atoms with E-state index in [0.717, 1.165) is 12.2 Å². The summed E-state index contributed by atoms with van der Waals surface area (Å²) in [5, 5.41) is 3.10. The molecule has 1 aliphatic rings. The minimum atomic E-state index is -1.47. The zero-order chi connectivity index (χ0) is 12.5. The van der Waals surface area contributed by atoms with Crippen LogP contribution in [0.25, 0.3) is 0 Å². The summed E-state index contributed by atoms with van der Waals surface area (Å²) in [7, 11) is 0.242. The van der Waals surface area contributed by atoms with E-state index in [0.29, 0.717) is 0 Å². The molecule has 2 heteroatoms. The number of hydrogen-bond acceptors (Lipinski definition) is 1. The van der Waals surface area contributed by atoms with Gasteiger partial charge in [0, 0.05) is 0 Å². The van der Waals surface area contributed by atoms with E-state index in [4.69, 9.17) is 4.74 Å². The summed E-state index contributed by atoms with van der Waals surface area (Å²) >= 11 is 0. The van der Waals surface area contributed by atoms with Gasteiger partial charge in [-0.15, -0.1) is 0 Å². The van der Waals surface area contributed by atoms with Crippen LogP contribution in [0.2, 0.25) is 13.1 Å². The van der Waals surface area contributed by atoms with Crippen molar-refractivity contribution in [2.75, 3.05) is 7.11 Å². The van der Waals surface area contributed by atoms with Crippen LogP contribution in [-0.4, -0.2) is 15.2 Å². The predicted molar refractivity (Wildman–Crippen MR) is 76.6 cm³/mol. The summed E-state index contributed by atoms with van der Waals surface area (Å²) < 4.78 is 5.21. The molecule has 2 rings (SSSR count). The summed E-state index contributed by atoms with van der Waals surface area (Å²) in [5.41, 5.74) is 1.41. The maximum Gasteiger partial charge on any atom is 0.118 e. The fraction of sp³-hybridized carbons (Fsp3) is 0.333. The lowest BCUT2D eigenvalue weighted by Crippen LogP contribution is -2.43. The van der Waals surface area contributed by atoms with Gasteiger partial charge in [-0.1, -0.05) is 53.3 Å². The van der Waals surface area contributed by atoms with Crippen molar-refractivity contribution in [3.63, 3.8) is 0 Å². The van der Waals surface area contributed by atoms with Gasteiger partial charge in [-0.25, -0.2) is 0 Å². The van der Waals surface area contributed by atoms with Gasteiger partial charge in [0.25, 0.3) is 0 Å². The molecule has 0 aliphatic heterocycles. The molecule has 1 aromatic carbocycles. The van der Waals surface area contributed by atoms with Crippen LogP contribution in [0.3, 0.4) is 0 Å². The molecular formula is C15H20OSi. The van der Waals surface area contributed by atoms with E-state index in [2.05, 4.69) is 56.4 Å². The third kappa shape index (κ3) is 2.37. The van der Waals surface area contributed by atoms with Gasteiger partial charge in [0.15, 0.2) is 0 Å². The maximum atomic E-state index is 5.21. The fourth-order valence-corrected chi connectivity index (χ4v) is 4.86. The molecule has 0 heterocycles. The largest absolute Gasteiger partial charge is 0.497 e. The lowest BCUT2D eigenvalue weighted by molar-refractivity contribution is 0.415. The van der Waals surface area contributed by atoms with Crippen molar-refractivity contribution in [3.8, 4) is 5.75 Å². The second kappa shape index (κ2) is 4.53. The molecule has 0 amide bonds. The molecule has 1 aromatic rings. The zero-order valence-electron chi connectivity index (χ0n) is 11.1. The molecule has 0 saturated carbocycles. The molecule has 0 radical (unpaired) electrons. The predicted octanol–water partition coefficient (Wildman–Crippen LogP) is 3.43. The molecule has 0 unspecified atom stereocenters. The zero-order valence-corrected chi connectivity index (χ0v) is 12.1. The van der Waals surface area contributed by atoms with Gasteiger partial charge in [0.05, 0.1) is 7.11 Å². The Labute approximate surface area is 105 Å². The van der Waals surface area contributed by atoms with Crippen LogP contribution in [0.1, 0.15) is 13.3 Å². The quantitative estimate of drug-likeness (QED) is 0.740. The van der Waals surface area contributed by atoms with Crippen LogP contribution in [0, 0.1) is 0 Å². The van der Waals surface area contributed by atoms with Crippen LogP contribution in [-0.2, 0) is 0 Å². The number of allylic oxidation sites excluding steroid dienone is 4. The van der Waals surface area contributed by atoms with Crippen LogP contribution >= 0.6 is 0 Å². The third-order valence-corrected chi connectivity index (χ3v) is 7.39. The van der Waals surface area contributed by atoms with Gasteiger partial charge >= 0.3 is 0 Å². The van der Waals surface area contributed by atoms with Crippen LogP contribution in [0.5, 0.6) is 5.75 Å². The van der Waals surface area contributed by atoms with E-state index in [1.807, 2.05) is 0 Å². The Bertz CT molecular complexity index is 466. The second-order valence-corrected chi connectivity index (χ2v) is 9.64. The summed E-state index contributed by atoms with van der Waals surface area (Å²) in [5.74, 6) is 0.938. The molecule has 0 aromatic heterocycles. The average Bonchev–Trinajstić information content (AvgIpc) is 2.77. The van der Waals surface area contributed by atoms with E-state index >= 15 is 0 Å². The Kier molecular flexibility index (Phi) is 3.25. The first kappa shape index (κ1) is 12.2. The van der Waals surface area contributed by atoms with E-state index in [1.165, 1.54) is 10.8 Å². The molecule has 1 aliphatic carbocycles. The van der Waals surface area contributed by atoms with Gasteiger partial charge in [-0.2, -0.15) is 0 Å². The highest BCUT2D eigenvalue weighted by Crippen LogP contribution is 2.26. The summed E-state index contributed by atoms with van der Waals surface area (Å²) in [6.45, 7) is 7.03. The smallest absolute Gasteiger partial charge is 0.118 e. The standard InChI is InChI=1S/C15H20OSi/c1-12-5-8-15(11-12)17(3,4)14-9-6-13(16-2)7-10-14/h5-7,9-11H,8H2,1-4H3. The normalized spacial score (nSPS) is 15.5. The SMILES string of the molecule is COc1ccc([Si](C)(C)C2=CC(C)=CC2)cc1. The van der Waals surface area contributed by atoms with Gasteiger partial charge in [-0.3, -0.25) is 0 Å². The molecule has 0 saturated heterocycles. The first-order valence-electron chi connectivity index (χ1n) is 6.06. The Morgan fingerprint density at radius 1 is 1.12 bits per heavy atom. The maximum absolute atomic E-state index is 5.21. The summed E-state index contributed by atoms with van der Waals surface area (Å²) in [6, 6.07) is 8.58. The highest BCUT2D eigenvalue weighted by molar-refractivity contribution is 6.95. The lowest BCUT2D eigenvalue weighted by Gasteiger charge is -2.25. The van der Waals surface area contributed by atoms with Gasteiger partial charge in [-0.05, 0) is 25.5 Å². The van der Waals surface area contributed by atoms with E-state index < -0.39 is 8.07 Å². The minimum absolute atomic E-state index is 0.938. The fourth-order valence-electron chi connectivity index (χ4n) is 2.29. The van der Waals surface area contributed by atoms with Gasteiger partial charge in [0.2, 0.25) is 0 Å². The first-order valence-corrected chi connectivity index (χ1v) is 9.06. The molecule has 0 bridgehead atoms. The van der Waals surface area contributed by atoms with Crippen molar-refractivity contribution < 1.29 is 4.74 Å². The van der Waals surface area contributed by atoms with Crippen molar-refractivity contribution in [1.82, 2.24) is 0 Å². The van der Waals surface area contributed by atoms with Gasteiger partial charge in [0.1, 0.15) is 13.8 Å². The molecule has 90 valence electrons. The molecule has 1 nitrogen and oxygen atoms in total. The monoisotopic (exact) mass is 244 g/mol. The highest BCUT2D eigenvalue weighted by atomic mass is 28.3. The van der Waals surface area contributed by atoms with Crippen molar-refractivity contribution in [1.29, 1.82) is 0 Å². The third-order valence-electron chi connectivity index (χ3n) is 3.66. The van der Waals surface area contributed by atoms with Crippen LogP contribution < -0.4 is 9.92 Å². The number of hydrogen-bond donors (Lipinski definition) is 0. The lowest BCUT2D eigenvalue weighted by atomic mass is 10.3. The Hall–Kier alpha value is -1.28. The Morgan fingerprint density at radius 3 is 2.24 bits per heavy atom. The second-order valence-electron chi connectivity index (χ2n) is 5.18. The first-order chi connectivity index (χ1) is 8.04. The van der Waals surface area contributed by atoms with E-state index in [-0.39, 0.29) is 0 Å². The Balaban J connectivity index is 2.28. The molecule has 0 spiro atoms.